The second kappa shape index (κ2) is 10.6. The molecule has 0 aliphatic carbocycles. The molecule has 1 aromatic rings. The van der Waals surface area contributed by atoms with Crippen LogP contribution in [0.5, 0.6) is 5.75 Å². The number of fused-ring (bicyclic) bond motifs is 1. The number of hydrogen-bond acceptors (Lipinski definition) is 8. The number of aliphatic hydroxyl groups excluding tert-OH is 1. The molecule has 2 heterocycles. The van der Waals surface area contributed by atoms with Crippen molar-refractivity contribution in [3.05, 3.63) is 28.8 Å². The Bertz CT molecular complexity index is 971. The lowest BCUT2D eigenvalue weighted by Crippen LogP contribution is -2.46. The van der Waals surface area contributed by atoms with Gasteiger partial charge in [-0.05, 0) is 37.1 Å². The van der Waals surface area contributed by atoms with Crippen molar-refractivity contribution in [1.29, 1.82) is 0 Å². The molecule has 0 aromatic heterocycles. The summed E-state index contributed by atoms with van der Waals surface area (Å²) in [5, 5.41) is 18.0. The molecule has 2 atom stereocenters. The van der Waals surface area contributed by atoms with Crippen LogP contribution in [0.4, 0.5) is 32.6 Å². The number of nitrogens with two attached hydrogens (primary N) is 1. The van der Waals surface area contributed by atoms with Gasteiger partial charge in [0.2, 0.25) is 12.4 Å². The van der Waals surface area contributed by atoms with E-state index in [4.69, 9.17) is 20.9 Å². The number of nitrogens with one attached hydrogen (secondary N) is 1. The van der Waals surface area contributed by atoms with Crippen LogP contribution in [0.2, 0.25) is 0 Å². The maximum atomic E-state index is 13.4. The van der Waals surface area contributed by atoms with E-state index in [2.05, 4.69) is 20.8 Å². The molecule has 0 bridgehead atoms. The molecule has 2 aliphatic rings. The van der Waals surface area contributed by atoms with Gasteiger partial charge in [-0.3, -0.25) is 4.84 Å². The third-order valence-corrected chi connectivity index (χ3v) is 5.71. The third-order valence-electron chi connectivity index (χ3n) is 4.58. The number of rotatable bonds is 5. The zero-order valence-electron chi connectivity index (χ0n) is 18.8. The summed E-state index contributed by atoms with van der Waals surface area (Å²) < 4.78 is 115. The lowest BCUT2D eigenvalue weighted by molar-refractivity contribution is -0.670. The van der Waals surface area contributed by atoms with Gasteiger partial charge in [-0.1, -0.05) is 26.4 Å². The highest BCUT2D eigenvalue weighted by Crippen LogP contribution is 3.02. The Morgan fingerprint density at radius 1 is 1.25 bits per heavy atom. The van der Waals surface area contributed by atoms with Crippen molar-refractivity contribution in [2.45, 2.75) is 49.8 Å². The maximum Gasteiger partial charge on any atom is 0.430 e. The van der Waals surface area contributed by atoms with Crippen LogP contribution in [-0.2, 0) is 20.8 Å². The van der Waals surface area contributed by atoms with Gasteiger partial charge < -0.3 is 19.9 Å². The van der Waals surface area contributed by atoms with Gasteiger partial charge in [0.05, 0.1) is 11.7 Å². The number of aliphatic hydroxyl groups is 1. The minimum atomic E-state index is -10.2. The molecule has 0 spiro atoms. The fraction of sp³-hybridized carbons (Fsp3) is 0.500. The fourth-order valence-electron chi connectivity index (χ4n) is 2.77. The monoisotopic (exact) mass is 564 g/mol. The van der Waals surface area contributed by atoms with Crippen LogP contribution in [0, 0.1) is 0 Å². The van der Waals surface area contributed by atoms with Gasteiger partial charge in [0, 0.05) is 18.7 Å². The average Bonchev–Trinajstić information content (AvgIpc) is 2.75. The van der Waals surface area contributed by atoms with Gasteiger partial charge in [-0.25, -0.2) is 21.8 Å². The zero-order valence-corrected chi connectivity index (χ0v) is 19.6. The summed E-state index contributed by atoms with van der Waals surface area (Å²) in [7, 11) is -10.2. The Labute approximate surface area is 199 Å². The zero-order chi connectivity index (χ0) is 28.2. The number of β-amino-alcohol motifs (C(OH)–C–C–N with tert-alkyl or cyclic N) is 1. The molecule has 0 amide bonds. The van der Waals surface area contributed by atoms with E-state index in [1.165, 1.54) is 6.92 Å². The fourth-order valence-corrected chi connectivity index (χ4v) is 3.49. The summed E-state index contributed by atoms with van der Waals surface area (Å²) in [4.78, 5) is 13.8. The minimum absolute atomic E-state index is 0.0370. The van der Waals surface area contributed by atoms with E-state index in [-0.39, 0.29) is 24.7 Å². The first-order valence-electron chi connectivity index (χ1n) is 9.89. The summed E-state index contributed by atoms with van der Waals surface area (Å²) >= 11 is 0. The first-order valence-corrected chi connectivity index (χ1v) is 11.8. The predicted molar refractivity (Wildman–Crippen MR) is 110 cm³/mol. The molecule has 18 heteroatoms. The lowest BCUT2D eigenvalue weighted by atomic mass is 9.98. The van der Waals surface area contributed by atoms with Gasteiger partial charge in [-0.2, -0.15) is 13.2 Å². The summed E-state index contributed by atoms with van der Waals surface area (Å²) in [6.45, 7) is 3.88. The second-order valence-corrected chi connectivity index (χ2v) is 9.79. The van der Waals surface area contributed by atoms with Crippen LogP contribution >= 0.6 is 10.2 Å². The lowest BCUT2D eigenvalue weighted by Gasteiger charge is -2.41. The van der Waals surface area contributed by atoms with Crippen molar-refractivity contribution in [3.8, 4) is 5.75 Å². The molecule has 0 saturated carbocycles. The van der Waals surface area contributed by atoms with Crippen LogP contribution in [0.15, 0.2) is 22.6 Å². The highest BCUT2D eigenvalue weighted by Gasteiger charge is 2.66. The molecule has 1 fully saturated rings. The molecule has 8 N–H and O–H groups in total. The number of aryl methyl sites for hydroxylation is 1. The van der Waals surface area contributed by atoms with E-state index in [1.807, 2.05) is 0 Å². The first kappa shape index (κ1) is 31.8. The standard InChI is InChI=1S/C15H15F8NO4S.C3H7NO.H4NO/c1-3-8-4-10(29(19,20,21,22)23)5-9-6-11(14(25)26-7(2)28-24)13(15(16,17)18)27-12(8)9;5-3-1-4-2-3;1-2/h4-7,13H,3,24H2,1-2H3;3-5H,1-2H2;2H,1H3/q;;+1. The number of benzene rings is 1. The highest BCUT2D eigenvalue weighted by molar-refractivity contribution is 8.45. The molecule has 1 aromatic carbocycles. The third kappa shape index (κ3) is 8.43. The summed E-state index contributed by atoms with van der Waals surface area (Å²) in [6.07, 6.45) is -9.59. The van der Waals surface area contributed by atoms with Crippen molar-refractivity contribution >= 4 is 22.3 Å². The van der Waals surface area contributed by atoms with Crippen LogP contribution in [0.25, 0.3) is 6.08 Å². The number of halogens is 8. The number of carbonyl (C=O) groups is 1. The largest absolute Gasteiger partial charge is 0.475 e. The Hall–Kier alpha value is -2.22. The van der Waals surface area contributed by atoms with Gasteiger partial charge in [0.1, 0.15) is 10.6 Å². The number of esters is 1. The Kier molecular flexibility index (Phi) is 9.40. The Morgan fingerprint density at radius 3 is 2.14 bits per heavy atom. The van der Waals surface area contributed by atoms with Crippen molar-refractivity contribution in [1.82, 2.24) is 5.32 Å². The molecule has 9 nitrogen and oxygen atoms in total. The van der Waals surface area contributed by atoms with Crippen LogP contribution < -0.4 is 21.8 Å². The van der Waals surface area contributed by atoms with Gasteiger partial charge in [0.25, 0.3) is 0 Å². The first-order chi connectivity index (χ1) is 16.3. The van der Waals surface area contributed by atoms with E-state index in [0.29, 0.717) is 6.08 Å². The van der Waals surface area contributed by atoms with Crippen molar-refractivity contribution in [2.24, 2.45) is 5.90 Å². The molecule has 210 valence electrons. The molecule has 36 heavy (non-hydrogen) atoms. The average molecular weight is 564 g/mol. The molecule has 1 saturated heterocycles. The predicted octanol–water partition coefficient (Wildman–Crippen LogP) is 2.96. The van der Waals surface area contributed by atoms with Crippen molar-refractivity contribution in [2.75, 3.05) is 13.1 Å². The van der Waals surface area contributed by atoms with Crippen LogP contribution in [0.3, 0.4) is 0 Å². The molecule has 0 radical (unpaired) electrons. The summed E-state index contributed by atoms with van der Waals surface area (Å²) in [5.74, 6) is 4.62. The van der Waals surface area contributed by atoms with Crippen molar-refractivity contribution in [3.63, 3.8) is 0 Å². The van der Waals surface area contributed by atoms with Crippen molar-refractivity contribution < 1.29 is 67.9 Å². The van der Waals surface area contributed by atoms with Gasteiger partial charge >= 0.3 is 22.4 Å². The van der Waals surface area contributed by atoms with E-state index in [9.17, 15) is 37.4 Å². The number of carbonyl (C=O) groups excluding carboxylic acids is 1. The quantitative estimate of drug-likeness (QED) is 0.159. The minimum Gasteiger partial charge on any atom is -0.475 e. The Morgan fingerprint density at radius 2 is 1.78 bits per heavy atom. The SMILES string of the molecule is CCc1cc(S(F)(F)(F)(F)F)cc2c1OC(C(F)(F)F)C(C(=O)OC(C)ON)=C2.OC1CNC1.[NH3+]O. The van der Waals surface area contributed by atoms with Crippen LogP contribution in [-0.4, -0.2) is 54.0 Å². The van der Waals surface area contributed by atoms with E-state index < -0.39 is 62.1 Å². The van der Waals surface area contributed by atoms with Crippen LogP contribution in [0.1, 0.15) is 25.0 Å². The highest BCUT2D eigenvalue weighted by atomic mass is 32.5. The number of quaternary nitrogens is 1. The molecule has 2 unspecified atom stereocenters. The summed E-state index contributed by atoms with van der Waals surface area (Å²) in [5.41, 5.74) is -2.57. The van der Waals surface area contributed by atoms with E-state index >= 15 is 0 Å². The maximum absolute atomic E-state index is 13.4. The Balaban J connectivity index is 0.000000806. The van der Waals surface area contributed by atoms with Gasteiger partial charge in [-0.15, -0.1) is 0 Å². The second-order valence-electron chi connectivity index (χ2n) is 7.38. The molecular formula is C18H26F8N3O6S+. The van der Waals surface area contributed by atoms with E-state index in [1.54, 1.807) is 0 Å². The topological polar surface area (TPSA) is 151 Å². The normalized spacial score (nSPS) is 20.3. The van der Waals surface area contributed by atoms with Gasteiger partial charge in [0.15, 0.2) is 0 Å². The number of ether oxygens (including phenoxy) is 2. The number of hydrogen-bond donors (Lipinski definition) is 5. The smallest absolute Gasteiger partial charge is 0.430 e. The molecule has 3 rings (SSSR count). The summed E-state index contributed by atoms with van der Waals surface area (Å²) in [6, 6.07) is -0.0336. The molecule has 2 aliphatic heterocycles. The number of alkyl halides is 3. The van der Waals surface area contributed by atoms with E-state index in [0.717, 1.165) is 20.0 Å². The molecular weight excluding hydrogens is 538 g/mol.